The number of carbonyl (C=O) groups excluding carboxylic acids is 1. The molecule has 3 heteroatoms. The third kappa shape index (κ3) is 3.21. The van der Waals surface area contributed by atoms with Gasteiger partial charge in [-0.3, -0.25) is 4.79 Å². The summed E-state index contributed by atoms with van der Waals surface area (Å²) in [7, 11) is 1.89. The third-order valence-corrected chi connectivity index (χ3v) is 4.04. The molecule has 3 nitrogen and oxygen atoms in total. The van der Waals surface area contributed by atoms with Crippen LogP contribution >= 0.6 is 0 Å². The van der Waals surface area contributed by atoms with Crippen molar-refractivity contribution in [2.75, 3.05) is 13.6 Å². The van der Waals surface area contributed by atoms with E-state index in [1.54, 1.807) is 0 Å². The average molecular weight is 226 g/mol. The van der Waals surface area contributed by atoms with Crippen LogP contribution < -0.4 is 5.73 Å². The lowest BCUT2D eigenvalue weighted by Crippen LogP contribution is -2.41. The second kappa shape index (κ2) is 5.67. The molecule has 1 saturated carbocycles. The minimum atomic E-state index is 0.0957. The van der Waals surface area contributed by atoms with Gasteiger partial charge in [-0.2, -0.15) is 0 Å². The van der Waals surface area contributed by atoms with E-state index in [0.717, 1.165) is 12.8 Å². The van der Waals surface area contributed by atoms with Crippen LogP contribution in [0.15, 0.2) is 0 Å². The Morgan fingerprint density at radius 2 is 1.88 bits per heavy atom. The lowest BCUT2D eigenvalue weighted by Gasteiger charge is -2.37. The van der Waals surface area contributed by atoms with E-state index in [1.165, 1.54) is 19.3 Å². The van der Waals surface area contributed by atoms with Crippen molar-refractivity contribution < 1.29 is 4.79 Å². The van der Waals surface area contributed by atoms with Crippen molar-refractivity contribution in [3.05, 3.63) is 0 Å². The highest BCUT2D eigenvalue weighted by molar-refractivity contribution is 5.77. The Morgan fingerprint density at radius 3 is 2.31 bits per heavy atom. The Hall–Kier alpha value is -0.570. The second-order valence-electron chi connectivity index (χ2n) is 5.54. The van der Waals surface area contributed by atoms with Gasteiger partial charge in [0.05, 0.1) is 0 Å². The summed E-state index contributed by atoms with van der Waals surface area (Å²) in [5.74, 6) is 0.252. The molecule has 1 amide bonds. The molecule has 0 aromatic carbocycles. The number of nitrogens with two attached hydrogens (primary N) is 1. The lowest BCUT2D eigenvalue weighted by atomic mass is 9.71. The summed E-state index contributed by atoms with van der Waals surface area (Å²) in [5, 5.41) is 0. The van der Waals surface area contributed by atoms with Gasteiger partial charge in [0.25, 0.3) is 0 Å². The lowest BCUT2D eigenvalue weighted by molar-refractivity contribution is -0.134. The van der Waals surface area contributed by atoms with Crippen LogP contribution in [0.2, 0.25) is 0 Å². The zero-order chi connectivity index (χ0) is 12.2. The van der Waals surface area contributed by atoms with E-state index in [-0.39, 0.29) is 17.4 Å². The summed E-state index contributed by atoms with van der Waals surface area (Å²) in [6.45, 7) is 4.76. The summed E-state index contributed by atoms with van der Waals surface area (Å²) in [4.78, 5) is 13.9. The summed E-state index contributed by atoms with van der Waals surface area (Å²) in [5.41, 5.74) is 5.99. The summed E-state index contributed by atoms with van der Waals surface area (Å²) >= 11 is 0. The molecule has 0 spiro atoms. The van der Waals surface area contributed by atoms with Crippen molar-refractivity contribution in [2.24, 2.45) is 11.1 Å². The summed E-state index contributed by atoms with van der Waals surface area (Å²) in [6, 6.07) is 0.283. The quantitative estimate of drug-likeness (QED) is 0.798. The van der Waals surface area contributed by atoms with Gasteiger partial charge in [-0.05, 0) is 38.6 Å². The Morgan fingerprint density at radius 1 is 1.31 bits per heavy atom. The largest absolute Gasteiger partial charge is 0.343 e. The van der Waals surface area contributed by atoms with Gasteiger partial charge in [-0.1, -0.05) is 19.3 Å². The summed E-state index contributed by atoms with van der Waals surface area (Å²) in [6.07, 6.45) is 6.65. The number of nitrogens with zero attached hydrogens (tertiary/aromatic N) is 1. The molecule has 1 fully saturated rings. The van der Waals surface area contributed by atoms with Gasteiger partial charge >= 0.3 is 0 Å². The predicted molar refractivity (Wildman–Crippen MR) is 67.1 cm³/mol. The molecule has 0 bridgehead atoms. The van der Waals surface area contributed by atoms with Crippen LogP contribution in [0.1, 0.15) is 52.4 Å². The highest BCUT2D eigenvalue weighted by Crippen LogP contribution is 2.38. The van der Waals surface area contributed by atoms with E-state index in [1.807, 2.05) is 25.8 Å². The van der Waals surface area contributed by atoms with Crippen LogP contribution in [0.25, 0.3) is 0 Å². The molecule has 0 aromatic heterocycles. The molecule has 0 aliphatic heterocycles. The molecular formula is C13H26N2O. The molecule has 0 atom stereocenters. The van der Waals surface area contributed by atoms with Gasteiger partial charge in [0, 0.05) is 19.5 Å². The molecule has 0 radical (unpaired) electrons. The van der Waals surface area contributed by atoms with Crippen molar-refractivity contribution in [3.8, 4) is 0 Å². The highest BCUT2D eigenvalue weighted by Gasteiger charge is 2.34. The molecule has 16 heavy (non-hydrogen) atoms. The Bertz CT molecular complexity index is 232. The molecule has 1 aliphatic rings. The summed E-state index contributed by atoms with van der Waals surface area (Å²) < 4.78 is 0. The average Bonchev–Trinajstić information content (AvgIpc) is 2.29. The maximum Gasteiger partial charge on any atom is 0.223 e. The van der Waals surface area contributed by atoms with Crippen LogP contribution in [0, 0.1) is 5.41 Å². The Kier molecular flexibility index (Phi) is 4.78. The number of amides is 1. The van der Waals surface area contributed by atoms with Gasteiger partial charge in [-0.25, -0.2) is 0 Å². The zero-order valence-corrected chi connectivity index (χ0v) is 11.0. The molecule has 2 N–H and O–H groups in total. The molecule has 1 aliphatic carbocycles. The van der Waals surface area contributed by atoms with Crippen LogP contribution in [0.3, 0.4) is 0 Å². The van der Waals surface area contributed by atoms with Gasteiger partial charge in [0.2, 0.25) is 5.91 Å². The molecule has 0 unspecified atom stereocenters. The number of carbonyl (C=O) groups is 1. The van der Waals surface area contributed by atoms with Crippen LogP contribution in [-0.4, -0.2) is 30.4 Å². The van der Waals surface area contributed by atoms with Gasteiger partial charge in [-0.15, -0.1) is 0 Å². The molecular weight excluding hydrogens is 200 g/mol. The van der Waals surface area contributed by atoms with Crippen molar-refractivity contribution >= 4 is 5.91 Å². The number of rotatable bonds is 4. The SMILES string of the molecule is CC(C)N(C)C(=O)CC1(CN)CCCCC1. The van der Waals surface area contributed by atoms with E-state index in [2.05, 4.69) is 0 Å². The Balaban J connectivity index is 2.58. The maximum atomic E-state index is 12.1. The zero-order valence-electron chi connectivity index (χ0n) is 11.0. The van der Waals surface area contributed by atoms with Crippen LogP contribution in [0.4, 0.5) is 0 Å². The normalized spacial score (nSPS) is 19.8. The smallest absolute Gasteiger partial charge is 0.223 e. The van der Waals surface area contributed by atoms with Crippen molar-refractivity contribution in [1.29, 1.82) is 0 Å². The van der Waals surface area contributed by atoms with Gasteiger partial charge in [0.1, 0.15) is 0 Å². The van der Waals surface area contributed by atoms with Crippen molar-refractivity contribution in [3.63, 3.8) is 0 Å². The molecule has 0 saturated heterocycles. The van der Waals surface area contributed by atoms with E-state index >= 15 is 0 Å². The minimum Gasteiger partial charge on any atom is -0.343 e. The predicted octanol–water partition coefficient (Wildman–Crippen LogP) is 2.15. The first-order chi connectivity index (χ1) is 7.51. The highest BCUT2D eigenvalue weighted by atomic mass is 16.2. The van der Waals surface area contributed by atoms with E-state index in [9.17, 15) is 4.79 Å². The minimum absolute atomic E-state index is 0.0957. The first-order valence-electron chi connectivity index (χ1n) is 6.46. The van der Waals surface area contributed by atoms with Gasteiger partial charge in [0.15, 0.2) is 0 Å². The first kappa shape index (κ1) is 13.5. The molecule has 0 aromatic rings. The van der Waals surface area contributed by atoms with Crippen LogP contribution in [-0.2, 0) is 4.79 Å². The fraction of sp³-hybridized carbons (Fsp3) is 0.923. The monoisotopic (exact) mass is 226 g/mol. The Labute approximate surface area is 99.4 Å². The molecule has 94 valence electrons. The van der Waals surface area contributed by atoms with Crippen molar-refractivity contribution in [1.82, 2.24) is 4.90 Å². The van der Waals surface area contributed by atoms with E-state index in [0.29, 0.717) is 13.0 Å². The third-order valence-electron chi connectivity index (χ3n) is 4.04. The van der Waals surface area contributed by atoms with E-state index in [4.69, 9.17) is 5.73 Å². The van der Waals surface area contributed by atoms with Crippen LogP contribution in [0.5, 0.6) is 0 Å². The fourth-order valence-corrected chi connectivity index (χ4v) is 2.49. The molecule has 1 rings (SSSR count). The fourth-order valence-electron chi connectivity index (χ4n) is 2.49. The maximum absolute atomic E-state index is 12.1. The number of hydrogen-bond acceptors (Lipinski definition) is 2. The standard InChI is InChI=1S/C13H26N2O/c1-11(2)15(3)12(16)9-13(10-14)7-5-4-6-8-13/h11H,4-10,14H2,1-3H3. The first-order valence-corrected chi connectivity index (χ1v) is 6.46. The molecule has 0 heterocycles. The van der Waals surface area contributed by atoms with E-state index < -0.39 is 0 Å². The topological polar surface area (TPSA) is 46.3 Å². The number of hydrogen-bond donors (Lipinski definition) is 1. The van der Waals surface area contributed by atoms with Crippen molar-refractivity contribution in [2.45, 2.75) is 58.4 Å². The van der Waals surface area contributed by atoms with Gasteiger partial charge < -0.3 is 10.6 Å². The second-order valence-corrected chi connectivity index (χ2v) is 5.54.